The van der Waals surface area contributed by atoms with E-state index in [1.54, 1.807) is 0 Å². The van der Waals surface area contributed by atoms with E-state index in [4.69, 9.17) is 0 Å². The molecule has 3 rings (SSSR count). The molecule has 4 atom stereocenters. The maximum atomic E-state index is 4.41. The predicted octanol–water partition coefficient (Wildman–Crippen LogP) is 2.15. The lowest BCUT2D eigenvalue weighted by atomic mass is 9.87. The van der Waals surface area contributed by atoms with Gasteiger partial charge in [0.1, 0.15) is 0 Å². The topological polar surface area (TPSA) is 29.9 Å². The molecule has 1 aromatic rings. The van der Waals surface area contributed by atoms with Gasteiger partial charge in [0.15, 0.2) is 0 Å². The Labute approximate surface area is 109 Å². The van der Waals surface area contributed by atoms with Gasteiger partial charge in [-0.3, -0.25) is 4.68 Å². The van der Waals surface area contributed by atoms with E-state index in [0.717, 1.165) is 30.7 Å². The van der Waals surface area contributed by atoms with E-state index in [1.165, 1.54) is 18.5 Å². The van der Waals surface area contributed by atoms with Crippen LogP contribution in [-0.4, -0.2) is 22.4 Å². The monoisotopic (exact) mass is 245 g/mol. The fourth-order valence-electron chi connectivity index (χ4n) is 3.57. The Kier molecular flexibility index (Phi) is 3.25. The number of aryl methyl sites for hydroxylation is 1. The Bertz CT molecular complexity index is 435. The van der Waals surface area contributed by atoms with Crippen molar-refractivity contribution in [1.29, 1.82) is 0 Å². The average molecular weight is 245 g/mol. The third kappa shape index (κ3) is 2.37. The number of fused-ring (bicyclic) bond motifs is 2. The fraction of sp³-hybridized carbons (Fsp3) is 0.667. The van der Waals surface area contributed by atoms with Gasteiger partial charge in [-0.2, -0.15) is 5.10 Å². The van der Waals surface area contributed by atoms with Crippen molar-refractivity contribution in [2.45, 2.75) is 32.2 Å². The van der Waals surface area contributed by atoms with Crippen molar-refractivity contribution < 1.29 is 0 Å². The summed E-state index contributed by atoms with van der Waals surface area (Å²) in [4.78, 5) is 0. The largest absolute Gasteiger partial charge is 0.314 e. The first kappa shape index (κ1) is 12.0. The molecule has 1 N–H and O–H groups in total. The predicted molar refractivity (Wildman–Crippen MR) is 73.2 cm³/mol. The van der Waals surface area contributed by atoms with Gasteiger partial charge in [-0.05, 0) is 43.6 Å². The van der Waals surface area contributed by atoms with Crippen LogP contribution in [0.5, 0.6) is 0 Å². The molecular weight excluding hydrogens is 222 g/mol. The Morgan fingerprint density at radius 3 is 2.94 bits per heavy atom. The smallest absolute Gasteiger partial charge is 0.0637 e. The summed E-state index contributed by atoms with van der Waals surface area (Å²) in [6.45, 7) is 3.38. The summed E-state index contributed by atoms with van der Waals surface area (Å²) in [5, 5.41) is 8.09. The number of allylic oxidation sites excluding steroid dienone is 2. The lowest BCUT2D eigenvalue weighted by Crippen LogP contribution is -2.36. The summed E-state index contributed by atoms with van der Waals surface area (Å²) in [7, 11) is 1.97. The van der Waals surface area contributed by atoms with Crippen molar-refractivity contribution in [3.8, 4) is 0 Å². The molecule has 1 heterocycles. The Morgan fingerprint density at radius 2 is 2.33 bits per heavy atom. The van der Waals surface area contributed by atoms with E-state index in [1.807, 2.05) is 17.9 Å². The van der Waals surface area contributed by atoms with Crippen LogP contribution in [0.3, 0.4) is 0 Å². The third-order valence-corrected chi connectivity index (χ3v) is 4.59. The van der Waals surface area contributed by atoms with Gasteiger partial charge in [-0.15, -0.1) is 0 Å². The number of hydrogen-bond acceptors (Lipinski definition) is 2. The van der Waals surface area contributed by atoms with Gasteiger partial charge in [0.2, 0.25) is 0 Å². The second-order valence-corrected chi connectivity index (χ2v) is 5.92. The molecule has 0 radical (unpaired) electrons. The number of aromatic nitrogens is 2. The van der Waals surface area contributed by atoms with Gasteiger partial charge in [-0.1, -0.05) is 12.2 Å². The minimum Gasteiger partial charge on any atom is -0.314 e. The average Bonchev–Trinajstić information content (AvgIpc) is 3.05. The maximum absolute atomic E-state index is 4.41. The van der Waals surface area contributed by atoms with Crippen molar-refractivity contribution in [2.24, 2.45) is 24.8 Å². The summed E-state index contributed by atoms with van der Waals surface area (Å²) < 4.78 is 1.87. The summed E-state index contributed by atoms with van der Waals surface area (Å²) >= 11 is 0. The molecule has 18 heavy (non-hydrogen) atoms. The van der Waals surface area contributed by atoms with Crippen LogP contribution in [0, 0.1) is 17.8 Å². The first-order chi connectivity index (χ1) is 8.72. The quantitative estimate of drug-likeness (QED) is 0.806. The lowest BCUT2D eigenvalue weighted by Gasteiger charge is -2.26. The molecule has 2 aliphatic carbocycles. The zero-order valence-electron chi connectivity index (χ0n) is 11.3. The Hall–Kier alpha value is -1.09. The van der Waals surface area contributed by atoms with Crippen molar-refractivity contribution in [3.05, 3.63) is 30.1 Å². The van der Waals surface area contributed by atoms with Crippen molar-refractivity contribution in [2.75, 3.05) is 6.54 Å². The molecule has 0 aromatic carbocycles. The maximum Gasteiger partial charge on any atom is 0.0637 e. The normalized spacial score (nSPS) is 31.1. The van der Waals surface area contributed by atoms with Crippen LogP contribution >= 0.6 is 0 Å². The molecule has 98 valence electrons. The SMILES string of the molecule is CC(NCCc1ccn(C)n1)C1CC2C=CC1C2. The summed E-state index contributed by atoms with van der Waals surface area (Å²) in [6.07, 6.45) is 10.7. The van der Waals surface area contributed by atoms with Gasteiger partial charge < -0.3 is 5.32 Å². The molecule has 1 aromatic heterocycles. The minimum absolute atomic E-state index is 0.633. The first-order valence-corrected chi connectivity index (χ1v) is 7.12. The summed E-state index contributed by atoms with van der Waals surface area (Å²) in [5.41, 5.74) is 1.19. The minimum atomic E-state index is 0.633. The van der Waals surface area contributed by atoms with Crippen LogP contribution in [0.15, 0.2) is 24.4 Å². The van der Waals surface area contributed by atoms with Crippen molar-refractivity contribution in [1.82, 2.24) is 15.1 Å². The van der Waals surface area contributed by atoms with Crippen LogP contribution in [-0.2, 0) is 13.5 Å². The van der Waals surface area contributed by atoms with E-state index >= 15 is 0 Å². The highest BCUT2D eigenvalue weighted by Crippen LogP contribution is 2.44. The third-order valence-electron chi connectivity index (χ3n) is 4.59. The zero-order chi connectivity index (χ0) is 12.5. The molecule has 3 nitrogen and oxygen atoms in total. The van der Waals surface area contributed by atoms with Crippen LogP contribution in [0.2, 0.25) is 0 Å². The highest BCUT2D eigenvalue weighted by atomic mass is 15.2. The van der Waals surface area contributed by atoms with Gasteiger partial charge in [0.25, 0.3) is 0 Å². The first-order valence-electron chi connectivity index (χ1n) is 7.12. The van der Waals surface area contributed by atoms with E-state index in [0.29, 0.717) is 6.04 Å². The molecule has 2 aliphatic rings. The van der Waals surface area contributed by atoms with Gasteiger partial charge in [-0.25, -0.2) is 0 Å². The molecule has 1 saturated carbocycles. The van der Waals surface area contributed by atoms with Crippen molar-refractivity contribution >= 4 is 0 Å². The van der Waals surface area contributed by atoms with Gasteiger partial charge >= 0.3 is 0 Å². The second kappa shape index (κ2) is 4.88. The van der Waals surface area contributed by atoms with Crippen LogP contribution in [0.1, 0.15) is 25.5 Å². The number of nitrogens with one attached hydrogen (secondary N) is 1. The second-order valence-electron chi connectivity index (χ2n) is 5.92. The molecule has 0 amide bonds. The van der Waals surface area contributed by atoms with Crippen molar-refractivity contribution in [3.63, 3.8) is 0 Å². The molecule has 0 spiro atoms. The molecule has 4 unspecified atom stereocenters. The molecule has 0 aliphatic heterocycles. The Balaban J connectivity index is 1.44. The van der Waals surface area contributed by atoms with Gasteiger partial charge in [0.05, 0.1) is 5.69 Å². The molecule has 3 heteroatoms. The van der Waals surface area contributed by atoms with Crippen LogP contribution in [0.4, 0.5) is 0 Å². The van der Waals surface area contributed by atoms with Gasteiger partial charge in [0, 0.05) is 32.3 Å². The number of nitrogens with zero attached hydrogens (tertiary/aromatic N) is 2. The zero-order valence-corrected chi connectivity index (χ0v) is 11.3. The molecule has 0 saturated heterocycles. The summed E-state index contributed by atoms with van der Waals surface area (Å²) in [5.74, 6) is 2.57. The highest BCUT2D eigenvalue weighted by molar-refractivity contribution is 5.11. The standard InChI is InChI=1S/C15H23N3/c1-11(15-10-12-3-4-13(15)9-12)16-7-5-14-6-8-18(2)17-14/h3-4,6,8,11-13,15-16H,5,7,9-10H2,1-2H3. The van der Waals surface area contributed by atoms with E-state index < -0.39 is 0 Å². The fourth-order valence-corrected chi connectivity index (χ4v) is 3.57. The molecular formula is C15H23N3. The highest BCUT2D eigenvalue weighted by Gasteiger charge is 2.38. The molecule has 2 bridgehead atoms. The lowest BCUT2D eigenvalue weighted by molar-refractivity contribution is 0.329. The number of rotatable bonds is 5. The van der Waals surface area contributed by atoms with Crippen LogP contribution in [0.25, 0.3) is 0 Å². The number of hydrogen-bond donors (Lipinski definition) is 1. The van der Waals surface area contributed by atoms with Crippen LogP contribution < -0.4 is 5.32 Å². The Morgan fingerprint density at radius 1 is 1.44 bits per heavy atom. The summed E-state index contributed by atoms with van der Waals surface area (Å²) in [6, 6.07) is 2.74. The molecule has 1 fully saturated rings. The van der Waals surface area contributed by atoms with E-state index in [-0.39, 0.29) is 0 Å². The van der Waals surface area contributed by atoms with E-state index in [9.17, 15) is 0 Å². The van der Waals surface area contributed by atoms with E-state index in [2.05, 4.69) is 35.6 Å².